The predicted octanol–water partition coefficient (Wildman–Crippen LogP) is 4.23. The van der Waals surface area contributed by atoms with E-state index in [-0.39, 0.29) is 11.4 Å². The molecular weight excluding hydrogens is 368 g/mol. The van der Waals surface area contributed by atoms with Crippen LogP contribution in [-0.4, -0.2) is 20.2 Å². The summed E-state index contributed by atoms with van der Waals surface area (Å²) in [5.74, 6) is 0.951. The lowest BCUT2D eigenvalue weighted by molar-refractivity contribution is 0.427. The van der Waals surface area contributed by atoms with Crippen molar-refractivity contribution in [1.82, 2.24) is 20.2 Å². The van der Waals surface area contributed by atoms with E-state index in [0.717, 1.165) is 11.3 Å². The Balaban J connectivity index is 1.54. The summed E-state index contributed by atoms with van der Waals surface area (Å²) in [5.41, 5.74) is 1.90. The van der Waals surface area contributed by atoms with E-state index in [1.54, 1.807) is 18.2 Å². The van der Waals surface area contributed by atoms with Crippen LogP contribution in [0.15, 0.2) is 94.1 Å². The number of aromatic nitrogens is 4. The Bertz CT molecular complexity index is 1350. The molecule has 0 fully saturated rings. The summed E-state index contributed by atoms with van der Waals surface area (Å²) in [7, 11) is 0. The topological polar surface area (TPSA) is 83.0 Å². The quantitative estimate of drug-likeness (QED) is 0.463. The molecule has 0 unspecified atom stereocenters. The summed E-state index contributed by atoms with van der Waals surface area (Å²) in [5, 5.41) is 12.1. The zero-order valence-corrected chi connectivity index (χ0v) is 15.1. The van der Waals surface area contributed by atoms with Crippen molar-refractivity contribution in [3.63, 3.8) is 0 Å². The molecule has 0 amide bonds. The fraction of sp³-hybridized carbons (Fsp3) is 0. The number of hydrogen-bond acceptors (Lipinski definition) is 6. The lowest BCUT2D eigenvalue weighted by atomic mass is 10.1. The van der Waals surface area contributed by atoms with Crippen LogP contribution in [0.4, 0.5) is 0 Å². The minimum absolute atomic E-state index is 0.120. The van der Waals surface area contributed by atoms with E-state index in [2.05, 4.69) is 15.5 Å². The zero-order valence-electron chi connectivity index (χ0n) is 15.1. The minimum atomic E-state index is -0.120. The normalized spacial score (nSPS) is 10.9. The molecule has 0 atom stereocenters. The van der Waals surface area contributed by atoms with Crippen molar-refractivity contribution in [1.29, 1.82) is 0 Å². The number of para-hydroxylation sites is 1. The number of hydrogen-bond donors (Lipinski definition) is 0. The van der Waals surface area contributed by atoms with Crippen LogP contribution in [0, 0.1) is 0 Å². The van der Waals surface area contributed by atoms with E-state index in [1.165, 1.54) is 10.7 Å². The molecule has 0 saturated carbocycles. The molecule has 0 bridgehead atoms. The summed E-state index contributed by atoms with van der Waals surface area (Å²) in [4.78, 5) is 12.5. The Hall–Kier alpha value is -4.26. The molecule has 0 spiro atoms. The molecular formula is C22H14N4O3. The van der Waals surface area contributed by atoms with Gasteiger partial charge in [-0.2, -0.15) is 4.68 Å². The molecule has 0 aliphatic carbocycles. The first-order valence-corrected chi connectivity index (χ1v) is 8.93. The van der Waals surface area contributed by atoms with Gasteiger partial charge in [0.1, 0.15) is 17.1 Å². The maximum atomic E-state index is 12.5. The number of fused-ring (bicyclic) bond motifs is 1. The van der Waals surface area contributed by atoms with Gasteiger partial charge in [0.25, 0.3) is 0 Å². The summed E-state index contributed by atoms with van der Waals surface area (Å²) in [6.45, 7) is 0. The summed E-state index contributed by atoms with van der Waals surface area (Å²) < 4.78 is 13.3. The molecule has 2 heterocycles. The Morgan fingerprint density at radius 1 is 0.862 bits per heavy atom. The predicted molar refractivity (Wildman–Crippen MR) is 107 cm³/mol. The van der Waals surface area contributed by atoms with Gasteiger partial charge in [-0.1, -0.05) is 53.6 Å². The molecule has 140 valence electrons. The van der Waals surface area contributed by atoms with Crippen molar-refractivity contribution in [2.75, 3.05) is 0 Å². The summed E-state index contributed by atoms with van der Waals surface area (Å²) in [6, 6.07) is 25.6. The highest BCUT2D eigenvalue weighted by molar-refractivity contribution is 5.80. The zero-order chi connectivity index (χ0) is 19.6. The summed E-state index contributed by atoms with van der Waals surface area (Å²) >= 11 is 0. The Morgan fingerprint density at radius 3 is 2.41 bits per heavy atom. The molecule has 0 saturated heterocycles. The first-order chi connectivity index (χ1) is 14.3. The first kappa shape index (κ1) is 16.9. The molecule has 29 heavy (non-hydrogen) atoms. The molecule has 5 aromatic rings. The van der Waals surface area contributed by atoms with Crippen molar-refractivity contribution in [2.24, 2.45) is 0 Å². The number of benzene rings is 3. The third-order valence-electron chi connectivity index (χ3n) is 4.41. The SMILES string of the molecule is O=c1cc(-c2ccccc2)oc2cc(Oc3nnnn3-c3ccccc3)ccc12. The van der Waals surface area contributed by atoms with E-state index in [0.29, 0.717) is 22.5 Å². The molecule has 7 heteroatoms. The number of nitrogens with zero attached hydrogens (tertiary/aromatic N) is 4. The van der Waals surface area contributed by atoms with Crippen molar-refractivity contribution in [2.45, 2.75) is 0 Å². The Kier molecular flexibility index (Phi) is 4.10. The number of rotatable bonds is 4. The van der Waals surface area contributed by atoms with E-state index in [1.807, 2.05) is 60.7 Å². The monoisotopic (exact) mass is 382 g/mol. The smallest absolute Gasteiger partial charge is 0.345 e. The molecule has 0 N–H and O–H groups in total. The second-order valence-electron chi connectivity index (χ2n) is 6.31. The number of ether oxygens (including phenoxy) is 1. The molecule has 5 rings (SSSR count). The first-order valence-electron chi connectivity index (χ1n) is 8.93. The summed E-state index contributed by atoms with van der Waals surface area (Å²) in [6.07, 6.45) is 0. The fourth-order valence-corrected chi connectivity index (χ4v) is 3.02. The van der Waals surface area contributed by atoms with Crippen LogP contribution in [0.2, 0.25) is 0 Å². The minimum Gasteiger partial charge on any atom is -0.456 e. The maximum Gasteiger partial charge on any atom is 0.345 e. The van der Waals surface area contributed by atoms with Crippen LogP contribution < -0.4 is 10.2 Å². The van der Waals surface area contributed by atoms with Gasteiger partial charge in [-0.15, -0.1) is 0 Å². The van der Waals surface area contributed by atoms with E-state index < -0.39 is 0 Å². The maximum absolute atomic E-state index is 12.5. The van der Waals surface area contributed by atoms with Crippen LogP contribution in [0.5, 0.6) is 11.8 Å². The molecule has 7 nitrogen and oxygen atoms in total. The lowest BCUT2D eigenvalue weighted by Crippen LogP contribution is -2.02. The van der Waals surface area contributed by atoms with Crippen molar-refractivity contribution in [3.8, 4) is 28.8 Å². The van der Waals surface area contributed by atoms with Gasteiger partial charge in [-0.3, -0.25) is 4.79 Å². The van der Waals surface area contributed by atoms with Gasteiger partial charge in [-0.05, 0) is 34.7 Å². The van der Waals surface area contributed by atoms with Gasteiger partial charge in [0.05, 0.1) is 11.1 Å². The third kappa shape index (κ3) is 3.25. The highest BCUT2D eigenvalue weighted by Gasteiger charge is 2.13. The van der Waals surface area contributed by atoms with Gasteiger partial charge in [0.2, 0.25) is 0 Å². The van der Waals surface area contributed by atoms with E-state index in [9.17, 15) is 4.79 Å². The van der Waals surface area contributed by atoms with Gasteiger partial charge >= 0.3 is 6.01 Å². The molecule has 2 aromatic heterocycles. The highest BCUT2D eigenvalue weighted by Crippen LogP contribution is 2.27. The number of tetrazole rings is 1. The Labute approximate surface area is 164 Å². The molecule has 0 aliphatic heterocycles. The average molecular weight is 382 g/mol. The van der Waals surface area contributed by atoms with Crippen molar-refractivity contribution >= 4 is 11.0 Å². The molecule has 3 aromatic carbocycles. The van der Waals surface area contributed by atoms with Crippen LogP contribution in [0.3, 0.4) is 0 Å². The average Bonchev–Trinajstić information content (AvgIpc) is 3.23. The van der Waals surface area contributed by atoms with Gasteiger partial charge < -0.3 is 9.15 Å². The van der Waals surface area contributed by atoms with Gasteiger partial charge in [-0.25, -0.2) is 0 Å². The van der Waals surface area contributed by atoms with Gasteiger partial charge in [0.15, 0.2) is 5.43 Å². The third-order valence-corrected chi connectivity index (χ3v) is 4.41. The lowest BCUT2D eigenvalue weighted by Gasteiger charge is -2.07. The van der Waals surface area contributed by atoms with Crippen LogP contribution >= 0.6 is 0 Å². The van der Waals surface area contributed by atoms with Crippen LogP contribution in [0.25, 0.3) is 28.0 Å². The van der Waals surface area contributed by atoms with Crippen LogP contribution in [0.1, 0.15) is 0 Å². The van der Waals surface area contributed by atoms with Gasteiger partial charge in [0, 0.05) is 17.7 Å². The molecule has 0 radical (unpaired) electrons. The Morgan fingerprint density at radius 2 is 1.62 bits per heavy atom. The largest absolute Gasteiger partial charge is 0.456 e. The van der Waals surface area contributed by atoms with Crippen molar-refractivity contribution < 1.29 is 9.15 Å². The second kappa shape index (κ2) is 7.05. The molecule has 0 aliphatic rings. The van der Waals surface area contributed by atoms with Crippen LogP contribution in [-0.2, 0) is 0 Å². The fourth-order valence-electron chi connectivity index (χ4n) is 3.02. The van der Waals surface area contributed by atoms with E-state index >= 15 is 0 Å². The van der Waals surface area contributed by atoms with Crippen molar-refractivity contribution in [3.05, 3.63) is 95.2 Å². The van der Waals surface area contributed by atoms with E-state index in [4.69, 9.17) is 9.15 Å². The standard InChI is InChI=1S/C22H14N4O3/c27-19-14-20(15-7-3-1-4-8-15)29-21-13-17(11-12-18(19)21)28-22-23-24-25-26(22)16-9-5-2-6-10-16/h1-14H. The highest BCUT2D eigenvalue weighted by atomic mass is 16.5. The second-order valence-corrected chi connectivity index (χ2v) is 6.31.